The lowest BCUT2D eigenvalue weighted by molar-refractivity contribution is -0.116. The van der Waals surface area contributed by atoms with E-state index in [1.54, 1.807) is 12.1 Å². The van der Waals surface area contributed by atoms with Crippen LogP contribution in [-0.2, 0) is 11.2 Å². The normalized spacial score (nSPS) is 10.6. The fraction of sp³-hybridized carbons (Fsp3) is 0.188. The molecule has 20 heavy (non-hydrogen) atoms. The summed E-state index contributed by atoms with van der Waals surface area (Å²) in [4.78, 5) is 12.9. The summed E-state index contributed by atoms with van der Waals surface area (Å²) >= 11 is 7.16. The van der Waals surface area contributed by atoms with Crippen molar-refractivity contribution in [1.82, 2.24) is 0 Å². The first-order chi connectivity index (χ1) is 9.56. The Morgan fingerprint density at radius 1 is 1.20 bits per heavy atom. The molecule has 0 heterocycles. The second kappa shape index (κ2) is 6.91. The van der Waals surface area contributed by atoms with Crippen molar-refractivity contribution in [1.29, 1.82) is 0 Å². The molecule has 0 atom stereocenters. The first-order valence-corrected chi connectivity index (χ1v) is 7.56. The molecule has 0 radical (unpaired) electrons. The Hall–Kier alpha value is -1.32. The lowest BCUT2D eigenvalue weighted by atomic mass is 10.1. The number of aryl methyl sites for hydroxylation is 1. The number of halogens is 2. The van der Waals surface area contributed by atoms with Crippen LogP contribution >= 0.6 is 23.4 Å². The van der Waals surface area contributed by atoms with E-state index in [2.05, 4.69) is 0 Å². The summed E-state index contributed by atoms with van der Waals surface area (Å²) in [6.07, 6.45) is 0.0747. The Morgan fingerprint density at radius 2 is 1.90 bits per heavy atom. The molecule has 2 aromatic carbocycles. The number of Topliss-reactive ketones (excluding diaryl/α,β-unsaturated/α-hetero) is 1. The van der Waals surface area contributed by atoms with Gasteiger partial charge >= 0.3 is 0 Å². The highest BCUT2D eigenvalue weighted by Crippen LogP contribution is 2.21. The van der Waals surface area contributed by atoms with Gasteiger partial charge in [0, 0.05) is 11.3 Å². The topological polar surface area (TPSA) is 17.1 Å². The largest absolute Gasteiger partial charge is 0.298 e. The van der Waals surface area contributed by atoms with Crippen LogP contribution in [0.25, 0.3) is 0 Å². The van der Waals surface area contributed by atoms with E-state index < -0.39 is 5.82 Å². The molecule has 0 fully saturated rings. The Morgan fingerprint density at radius 3 is 2.60 bits per heavy atom. The number of hydrogen-bond donors (Lipinski definition) is 0. The van der Waals surface area contributed by atoms with E-state index in [9.17, 15) is 9.18 Å². The van der Waals surface area contributed by atoms with Gasteiger partial charge in [-0.25, -0.2) is 4.39 Å². The molecule has 1 nitrogen and oxygen atoms in total. The molecule has 0 aromatic heterocycles. The number of carbonyl (C=O) groups is 1. The number of thioether (sulfide) groups is 1. The fourth-order valence-corrected chi connectivity index (χ4v) is 2.70. The molecule has 0 N–H and O–H groups in total. The molecule has 4 heteroatoms. The van der Waals surface area contributed by atoms with Crippen LogP contribution in [0.1, 0.15) is 11.1 Å². The Bertz CT molecular complexity index is 610. The molecule has 0 spiro atoms. The van der Waals surface area contributed by atoms with Crippen LogP contribution in [0, 0.1) is 12.7 Å². The maximum absolute atomic E-state index is 13.7. The maximum Gasteiger partial charge on any atom is 0.147 e. The van der Waals surface area contributed by atoms with Gasteiger partial charge in [-0.3, -0.25) is 4.79 Å². The summed E-state index contributed by atoms with van der Waals surface area (Å²) in [7, 11) is 0. The van der Waals surface area contributed by atoms with Gasteiger partial charge in [-0.15, -0.1) is 11.8 Å². The summed E-state index contributed by atoms with van der Waals surface area (Å²) in [5.74, 6) is -0.186. The minimum absolute atomic E-state index is 0.0169. The quantitative estimate of drug-likeness (QED) is 0.745. The predicted octanol–water partition coefficient (Wildman–Crippen LogP) is 4.69. The molecule has 0 aliphatic heterocycles. The van der Waals surface area contributed by atoms with Crippen molar-refractivity contribution in [2.24, 2.45) is 0 Å². The van der Waals surface area contributed by atoms with Crippen molar-refractivity contribution in [2.45, 2.75) is 18.2 Å². The average Bonchev–Trinajstić information content (AvgIpc) is 2.43. The minimum atomic E-state index is -0.497. The van der Waals surface area contributed by atoms with E-state index in [-0.39, 0.29) is 17.2 Å². The smallest absolute Gasteiger partial charge is 0.147 e. The van der Waals surface area contributed by atoms with Crippen LogP contribution in [0.15, 0.2) is 47.4 Å². The van der Waals surface area contributed by atoms with E-state index in [0.717, 1.165) is 4.90 Å². The number of ketones is 1. The van der Waals surface area contributed by atoms with E-state index in [1.165, 1.54) is 23.4 Å². The zero-order valence-electron chi connectivity index (χ0n) is 11.0. The van der Waals surface area contributed by atoms with Crippen LogP contribution in [0.3, 0.4) is 0 Å². The molecule has 0 saturated carbocycles. The van der Waals surface area contributed by atoms with E-state index in [4.69, 9.17) is 11.6 Å². The maximum atomic E-state index is 13.7. The lowest BCUT2D eigenvalue weighted by Crippen LogP contribution is -2.07. The fourth-order valence-electron chi connectivity index (χ4n) is 1.75. The monoisotopic (exact) mass is 308 g/mol. The molecule has 0 saturated heterocycles. The van der Waals surface area contributed by atoms with E-state index in [0.29, 0.717) is 11.3 Å². The molecular formula is C16H14ClFOS. The first-order valence-electron chi connectivity index (χ1n) is 6.20. The third-order valence-corrected chi connectivity index (χ3v) is 4.20. The number of carbonyl (C=O) groups excluding carboxylic acids is 1. The van der Waals surface area contributed by atoms with Crippen LogP contribution in [0.4, 0.5) is 4.39 Å². The van der Waals surface area contributed by atoms with Gasteiger partial charge in [0.05, 0.1) is 10.8 Å². The van der Waals surface area contributed by atoms with Crippen molar-refractivity contribution in [2.75, 3.05) is 5.75 Å². The molecule has 2 rings (SSSR count). The number of benzene rings is 2. The first kappa shape index (κ1) is 15.1. The van der Waals surface area contributed by atoms with Gasteiger partial charge in [0.1, 0.15) is 11.6 Å². The van der Waals surface area contributed by atoms with E-state index >= 15 is 0 Å². The van der Waals surface area contributed by atoms with Gasteiger partial charge in [-0.1, -0.05) is 41.4 Å². The predicted molar refractivity (Wildman–Crippen MR) is 82.0 cm³/mol. The Kier molecular flexibility index (Phi) is 5.21. The molecule has 2 aromatic rings. The molecule has 0 unspecified atom stereocenters. The standard InChI is InChI=1S/C16H14ClFOS/c1-11-5-7-14(8-6-11)20-10-13(19)9-12-3-2-4-15(17)16(12)18/h2-8H,9-10H2,1H3. The molecular weight excluding hydrogens is 295 g/mol. The van der Waals surface area contributed by atoms with Gasteiger partial charge in [0.15, 0.2) is 0 Å². The van der Waals surface area contributed by atoms with Crippen LogP contribution in [0.5, 0.6) is 0 Å². The van der Waals surface area contributed by atoms with Crippen LogP contribution in [0.2, 0.25) is 5.02 Å². The highest BCUT2D eigenvalue weighted by molar-refractivity contribution is 8.00. The zero-order chi connectivity index (χ0) is 14.5. The Balaban J connectivity index is 1.92. The summed E-state index contributed by atoms with van der Waals surface area (Å²) in [6, 6.07) is 12.7. The lowest BCUT2D eigenvalue weighted by Gasteiger charge is -2.04. The second-order valence-corrected chi connectivity index (χ2v) is 5.99. The van der Waals surface area contributed by atoms with E-state index in [1.807, 2.05) is 31.2 Å². The molecule has 0 aliphatic rings. The summed E-state index contributed by atoms with van der Waals surface area (Å²) in [5, 5.41) is 0.0569. The molecule has 0 amide bonds. The Labute approximate surface area is 127 Å². The average molecular weight is 309 g/mol. The minimum Gasteiger partial charge on any atom is -0.298 e. The van der Waals surface area contributed by atoms with Gasteiger partial charge in [0.2, 0.25) is 0 Å². The van der Waals surface area contributed by atoms with Crippen molar-refractivity contribution >= 4 is 29.1 Å². The van der Waals surface area contributed by atoms with Crippen molar-refractivity contribution in [3.63, 3.8) is 0 Å². The van der Waals surface area contributed by atoms with Crippen LogP contribution < -0.4 is 0 Å². The van der Waals surface area contributed by atoms with Crippen molar-refractivity contribution in [3.8, 4) is 0 Å². The van der Waals surface area contributed by atoms with Gasteiger partial charge in [-0.05, 0) is 30.7 Å². The SMILES string of the molecule is Cc1ccc(SCC(=O)Cc2cccc(Cl)c2F)cc1. The number of hydrogen-bond acceptors (Lipinski definition) is 2. The van der Waals surface area contributed by atoms with Crippen molar-refractivity contribution in [3.05, 3.63) is 64.4 Å². The summed E-state index contributed by atoms with van der Waals surface area (Å²) < 4.78 is 13.7. The van der Waals surface area contributed by atoms with Gasteiger partial charge in [-0.2, -0.15) is 0 Å². The third-order valence-electron chi connectivity index (χ3n) is 2.84. The second-order valence-electron chi connectivity index (χ2n) is 4.53. The molecule has 0 bridgehead atoms. The zero-order valence-corrected chi connectivity index (χ0v) is 12.6. The molecule has 0 aliphatic carbocycles. The summed E-state index contributed by atoms with van der Waals surface area (Å²) in [6.45, 7) is 2.02. The molecule has 104 valence electrons. The van der Waals surface area contributed by atoms with Gasteiger partial charge < -0.3 is 0 Å². The summed E-state index contributed by atoms with van der Waals surface area (Å²) in [5.41, 5.74) is 1.54. The van der Waals surface area contributed by atoms with Crippen molar-refractivity contribution < 1.29 is 9.18 Å². The highest BCUT2D eigenvalue weighted by Gasteiger charge is 2.11. The third kappa shape index (κ3) is 4.09. The van der Waals surface area contributed by atoms with Gasteiger partial charge in [0.25, 0.3) is 0 Å². The highest BCUT2D eigenvalue weighted by atomic mass is 35.5. The number of rotatable bonds is 5. The van der Waals surface area contributed by atoms with Crippen LogP contribution in [-0.4, -0.2) is 11.5 Å².